The number of hydrogen-bond acceptors (Lipinski definition) is 4. The predicted octanol–water partition coefficient (Wildman–Crippen LogP) is 4.04. The molecule has 6 nitrogen and oxygen atoms in total. The summed E-state index contributed by atoms with van der Waals surface area (Å²) in [4.78, 5) is 31.1. The van der Waals surface area contributed by atoms with Gasteiger partial charge in [-0.2, -0.15) is 0 Å². The van der Waals surface area contributed by atoms with E-state index in [0.717, 1.165) is 6.42 Å². The molecule has 0 aliphatic heterocycles. The van der Waals surface area contributed by atoms with Crippen molar-refractivity contribution >= 4 is 39.0 Å². The van der Waals surface area contributed by atoms with Crippen molar-refractivity contribution in [3.63, 3.8) is 0 Å². The van der Waals surface area contributed by atoms with Gasteiger partial charge in [0, 0.05) is 28.6 Å². The van der Waals surface area contributed by atoms with Gasteiger partial charge >= 0.3 is 0 Å². The first-order chi connectivity index (χ1) is 15.1. The standard InChI is InChI=1S/C23H17FN4O2S/c24-15-4-6-16(7-5-15)28-23(30)19-13-26-20-8-3-14(12-18(20)21(19)27-28)22(29)25-10-9-17-2-1-11-31-17/h1-8,11-13,27H,9-10H2,(H,25,29). The molecule has 0 spiro atoms. The molecule has 3 aromatic heterocycles. The van der Waals surface area contributed by atoms with E-state index >= 15 is 0 Å². The molecular weight excluding hydrogens is 415 g/mol. The highest BCUT2D eigenvalue weighted by Crippen LogP contribution is 2.22. The summed E-state index contributed by atoms with van der Waals surface area (Å²) in [6, 6.07) is 14.9. The minimum absolute atomic E-state index is 0.184. The third kappa shape index (κ3) is 3.62. The van der Waals surface area contributed by atoms with E-state index in [-0.39, 0.29) is 17.3 Å². The van der Waals surface area contributed by atoms with Gasteiger partial charge in [0.1, 0.15) is 5.82 Å². The maximum absolute atomic E-state index is 13.3. The quantitative estimate of drug-likeness (QED) is 0.440. The molecule has 31 heavy (non-hydrogen) atoms. The second-order valence-electron chi connectivity index (χ2n) is 7.09. The lowest BCUT2D eigenvalue weighted by atomic mass is 10.1. The lowest BCUT2D eigenvalue weighted by Gasteiger charge is -2.06. The molecule has 0 fully saturated rings. The lowest BCUT2D eigenvalue weighted by molar-refractivity contribution is 0.0954. The Morgan fingerprint density at radius 3 is 2.74 bits per heavy atom. The molecule has 5 rings (SSSR count). The van der Waals surface area contributed by atoms with Crippen molar-refractivity contribution in [2.45, 2.75) is 6.42 Å². The number of pyridine rings is 1. The number of fused-ring (bicyclic) bond motifs is 3. The number of aromatic amines is 1. The minimum Gasteiger partial charge on any atom is -0.352 e. The molecule has 0 saturated heterocycles. The molecule has 154 valence electrons. The zero-order chi connectivity index (χ0) is 21.4. The SMILES string of the molecule is O=C(NCCc1cccs1)c1ccc2ncc3c(=O)n(-c4ccc(F)cc4)[nH]c3c2c1. The summed E-state index contributed by atoms with van der Waals surface area (Å²) in [6.07, 6.45) is 2.29. The summed E-state index contributed by atoms with van der Waals surface area (Å²) in [6.45, 7) is 0.539. The molecular formula is C23H17FN4O2S. The summed E-state index contributed by atoms with van der Waals surface area (Å²) in [5.74, 6) is -0.564. The zero-order valence-electron chi connectivity index (χ0n) is 16.3. The van der Waals surface area contributed by atoms with E-state index in [1.165, 1.54) is 40.0 Å². The number of nitrogens with zero attached hydrogens (tertiary/aromatic N) is 2. The molecule has 0 atom stereocenters. The first kappa shape index (κ1) is 19.2. The number of benzene rings is 2. The summed E-state index contributed by atoms with van der Waals surface area (Å²) >= 11 is 1.66. The van der Waals surface area contributed by atoms with Gasteiger partial charge in [-0.25, -0.2) is 9.07 Å². The van der Waals surface area contributed by atoms with Crippen LogP contribution >= 0.6 is 11.3 Å². The Hall–Kier alpha value is -3.78. The Labute approximate surface area is 180 Å². The molecule has 3 heterocycles. The summed E-state index contributed by atoms with van der Waals surface area (Å²) in [7, 11) is 0. The number of thiophene rings is 1. The number of H-pyrrole nitrogens is 1. The Balaban J connectivity index is 1.50. The number of carbonyl (C=O) groups is 1. The van der Waals surface area contributed by atoms with Gasteiger partial charge in [0.2, 0.25) is 0 Å². The van der Waals surface area contributed by atoms with Crippen LogP contribution < -0.4 is 10.9 Å². The maximum atomic E-state index is 13.3. The summed E-state index contributed by atoms with van der Waals surface area (Å²) in [5, 5.41) is 9.09. The van der Waals surface area contributed by atoms with Gasteiger partial charge in [-0.3, -0.25) is 19.7 Å². The first-order valence-corrected chi connectivity index (χ1v) is 10.6. The van der Waals surface area contributed by atoms with E-state index in [1.54, 1.807) is 29.5 Å². The van der Waals surface area contributed by atoms with Gasteiger partial charge in [0.15, 0.2) is 0 Å². The highest BCUT2D eigenvalue weighted by atomic mass is 32.1. The number of hydrogen-bond donors (Lipinski definition) is 2. The van der Waals surface area contributed by atoms with Crippen LogP contribution in [0.3, 0.4) is 0 Å². The predicted molar refractivity (Wildman–Crippen MR) is 120 cm³/mol. The van der Waals surface area contributed by atoms with Crippen LogP contribution in [-0.4, -0.2) is 27.2 Å². The van der Waals surface area contributed by atoms with Crippen molar-refractivity contribution in [3.8, 4) is 5.69 Å². The van der Waals surface area contributed by atoms with Crippen molar-refractivity contribution in [2.75, 3.05) is 6.54 Å². The third-order valence-corrected chi connectivity index (χ3v) is 6.05. The van der Waals surface area contributed by atoms with Crippen molar-refractivity contribution in [1.82, 2.24) is 20.1 Å². The van der Waals surface area contributed by atoms with Crippen molar-refractivity contribution < 1.29 is 9.18 Å². The molecule has 2 aromatic carbocycles. The number of amides is 1. The van der Waals surface area contributed by atoms with E-state index in [4.69, 9.17) is 0 Å². The summed E-state index contributed by atoms with van der Waals surface area (Å²) in [5.41, 5.74) is 1.95. The number of aromatic nitrogens is 3. The number of rotatable bonds is 5. The second kappa shape index (κ2) is 7.81. The fourth-order valence-electron chi connectivity index (χ4n) is 3.53. The third-order valence-electron chi connectivity index (χ3n) is 5.11. The Bertz CT molecular complexity index is 1450. The van der Waals surface area contributed by atoms with Crippen LogP contribution in [0.25, 0.3) is 27.5 Å². The fraction of sp³-hybridized carbons (Fsp3) is 0.0870. The second-order valence-corrected chi connectivity index (χ2v) is 8.13. The van der Waals surface area contributed by atoms with Crippen molar-refractivity contribution in [3.05, 3.63) is 92.8 Å². The molecule has 2 N–H and O–H groups in total. The van der Waals surface area contributed by atoms with Gasteiger partial charge in [-0.05, 0) is 60.3 Å². The fourth-order valence-corrected chi connectivity index (χ4v) is 4.24. The normalized spacial score (nSPS) is 11.3. The minimum atomic E-state index is -0.380. The highest BCUT2D eigenvalue weighted by Gasteiger charge is 2.14. The van der Waals surface area contributed by atoms with E-state index in [0.29, 0.717) is 39.6 Å². The number of nitrogens with one attached hydrogen (secondary N) is 2. The molecule has 0 saturated carbocycles. The Kier molecular flexibility index (Phi) is 4.83. The largest absolute Gasteiger partial charge is 0.352 e. The van der Waals surface area contributed by atoms with Gasteiger partial charge < -0.3 is 5.32 Å². The van der Waals surface area contributed by atoms with Crippen LogP contribution in [0.4, 0.5) is 4.39 Å². The Morgan fingerprint density at radius 1 is 1.13 bits per heavy atom. The van der Waals surface area contributed by atoms with Crippen LogP contribution in [0.1, 0.15) is 15.2 Å². The molecule has 5 aromatic rings. The number of halogens is 1. The van der Waals surface area contributed by atoms with Crippen molar-refractivity contribution in [2.24, 2.45) is 0 Å². The van der Waals surface area contributed by atoms with Crippen LogP contribution in [0.15, 0.2) is 71.0 Å². The van der Waals surface area contributed by atoms with Crippen LogP contribution in [0.5, 0.6) is 0 Å². The molecule has 0 aliphatic rings. The molecule has 1 amide bonds. The molecule has 0 unspecified atom stereocenters. The van der Waals surface area contributed by atoms with Crippen LogP contribution in [0, 0.1) is 5.82 Å². The Morgan fingerprint density at radius 2 is 1.97 bits per heavy atom. The highest BCUT2D eigenvalue weighted by molar-refractivity contribution is 7.09. The van der Waals surface area contributed by atoms with Gasteiger partial charge in [0.05, 0.1) is 22.1 Å². The van der Waals surface area contributed by atoms with E-state index in [9.17, 15) is 14.0 Å². The first-order valence-electron chi connectivity index (χ1n) is 9.70. The van der Waals surface area contributed by atoms with E-state index < -0.39 is 0 Å². The molecule has 0 aliphatic carbocycles. The van der Waals surface area contributed by atoms with Crippen molar-refractivity contribution in [1.29, 1.82) is 0 Å². The maximum Gasteiger partial charge on any atom is 0.280 e. The monoisotopic (exact) mass is 432 g/mol. The molecule has 0 bridgehead atoms. The van der Waals surface area contributed by atoms with Crippen LogP contribution in [0.2, 0.25) is 0 Å². The zero-order valence-corrected chi connectivity index (χ0v) is 17.1. The smallest absolute Gasteiger partial charge is 0.280 e. The molecule has 0 radical (unpaired) electrons. The topological polar surface area (TPSA) is 79.8 Å². The average Bonchev–Trinajstić information content (AvgIpc) is 3.42. The average molecular weight is 432 g/mol. The summed E-state index contributed by atoms with van der Waals surface area (Å²) < 4.78 is 14.6. The van der Waals surface area contributed by atoms with E-state index in [2.05, 4.69) is 15.4 Å². The van der Waals surface area contributed by atoms with E-state index in [1.807, 2.05) is 17.5 Å². The van der Waals surface area contributed by atoms with Crippen LogP contribution in [-0.2, 0) is 6.42 Å². The van der Waals surface area contributed by atoms with Gasteiger partial charge in [0.25, 0.3) is 11.5 Å². The molecule has 8 heteroatoms. The number of carbonyl (C=O) groups excluding carboxylic acids is 1. The lowest BCUT2D eigenvalue weighted by Crippen LogP contribution is -2.25. The van der Waals surface area contributed by atoms with Gasteiger partial charge in [-0.1, -0.05) is 6.07 Å². The van der Waals surface area contributed by atoms with Gasteiger partial charge in [-0.15, -0.1) is 11.3 Å².